The number of hydrogen-bond donors (Lipinski definition) is 2. The smallest absolute Gasteiger partial charge is 0.303 e. The van der Waals surface area contributed by atoms with Crippen LogP contribution in [0.15, 0.2) is 18.2 Å². The number of nitrogens with one attached hydrogen (secondary N) is 1. The standard InChI is InChI=1S/C18H23N3O6/c1-12-9-14(5-6-15(12)21(26)27)18(25)19-10-16(22)20-8-2-3-13(11-20)4-7-17(23)24/h5-6,9,13H,2-4,7-8,10-11H2,1H3,(H,19,25)(H,23,24). The number of carboxylic acids is 1. The second kappa shape index (κ2) is 9.11. The van der Waals surface area contributed by atoms with Gasteiger partial charge in [-0.1, -0.05) is 0 Å². The number of piperidine rings is 1. The van der Waals surface area contributed by atoms with Crippen molar-refractivity contribution in [3.8, 4) is 0 Å². The molecule has 2 N–H and O–H groups in total. The van der Waals surface area contributed by atoms with Crippen LogP contribution < -0.4 is 5.32 Å². The third-order valence-corrected chi connectivity index (χ3v) is 4.69. The van der Waals surface area contributed by atoms with E-state index in [1.165, 1.54) is 18.2 Å². The van der Waals surface area contributed by atoms with Gasteiger partial charge in [-0.15, -0.1) is 0 Å². The molecule has 0 bridgehead atoms. The summed E-state index contributed by atoms with van der Waals surface area (Å²) in [5, 5.41) is 22.1. The lowest BCUT2D eigenvalue weighted by Gasteiger charge is -2.32. The van der Waals surface area contributed by atoms with Crippen LogP contribution in [0, 0.1) is 23.0 Å². The first-order chi connectivity index (χ1) is 12.8. The number of carboxylic acid groups (broad SMARTS) is 1. The summed E-state index contributed by atoms with van der Waals surface area (Å²) in [6.07, 6.45) is 2.33. The van der Waals surface area contributed by atoms with E-state index in [0.29, 0.717) is 25.1 Å². The molecule has 1 aromatic rings. The van der Waals surface area contributed by atoms with Crippen molar-refractivity contribution in [1.82, 2.24) is 10.2 Å². The molecule has 146 valence electrons. The van der Waals surface area contributed by atoms with E-state index in [0.717, 1.165) is 12.8 Å². The van der Waals surface area contributed by atoms with Gasteiger partial charge in [-0.2, -0.15) is 0 Å². The number of likely N-dealkylation sites (tertiary alicyclic amines) is 1. The Bertz CT molecular complexity index is 749. The molecule has 1 atom stereocenters. The Labute approximate surface area is 156 Å². The molecule has 0 radical (unpaired) electrons. The summed E-state index contributed by atoms with van der Waals surface area (Å²) >= 11 is 0. The Morgan fingerprint density at radius 1 is 1.37 bits per heavy atom. The Morgan fingerprint density at radius 3 is 2.74 bits per heavy atom. The Hall–Kier alpha value is -2.97. The molecule has 9 heteroatoms. The lowest BCUT2D eigenvalue weighted by Crippen LogP contribution is -2.45. The van der Waals surface area contributed by atoms with E-state index < -0.39 is 16.8 Å². The number of nitro benzene ring substituents is 1. The molecule has 1 fully saturated rings. The van der Waals surface area contributed by atoms with Crippen molar-refractivity contribution in [2.45, 2.75) is 32.6 Å². The van der Waals surface area contributed by atoms with Gasteiger partial charge in [-0.25, -0.2) is 0 Å². The van der Waals surface area contributed by atoms with Gasteiger partial charge in [0.05, 0.1) is 11.5 Å². The van der Waals surface area contributed by atoms with Gasteiger partial charge in [-0.3, -0.25) is 24.5 Å². The lowest BCUT2D eigenvalue weighted by molar-refractivity contribution is -0.385. The summed E-state index contributed by atoms with van der Waals surface area (Å²) < 4.78 is 0. The summed E-state index contributed by atoms with van der Waals surface area (Å²) in [5.74, 6) is -1.38. The fourth-order valence-electron chi connectivity index (χ4n) is 3.23. The van der Waals surface area contributed by atoms with E-state index in [4.69, 9.17) is 5.11 Å². The van der Waals surface area contributed by atoms with Crippen LogP contribution in [0.1, 0.15) is 41.6 Å². The molecule has 1 aliphatic rings. The topological polar surface area (TPSA) is 130 Å². The number of carbonyl (C=O) groups is 3. The third kappa shape index (κ3) is 5.77. The molecular weight excluding hydrogens is 354 g/mol. The van der Waals surface area contributed by atoms with Gasteiger partial charge >= 0.3 is 5.97 Å². The number of hydrogen-bond acceptors (Lipinski definition) is 5. The van der Waals surface area contributed by atoms with Crippen LogP contribution in [-0.4, -0.2) is 52.3 Å². The van der Waals surface area contributed by atoms with Crippen LogP contribution in [0.2, 0.25) is 0 Å². The quantitative estimate of drug-likeness (QED) is 0.550. The molecule has 9 nitrogen and oxygen atoms in total. The second-order valence-corrected chi connectivity index (χ2v) is 6.72. The maximum atomic E-state index is 12.3. The van der Waals surface area contributed by atoms with Gasteiger partial charge in [0.25, 0.3) is 11.6 Å². The Kier molecular flexibility index (Phi) is 6.86. The Balaban J connectivity index is 1.87. The minimum atomic E-state index is -0.843. The van der Waals surface area contributed by atoms with Crippen LogP contribution in [0.25, 0.3) is 0 Å². The molecule has 1 heterocycles. The van der Waals surface area contributed by atoms with Crippen LogP contribution in [0.5, 0.6) is 0 Å². The highest BCUT2D eigenvalue weighted by molar-refractivity contribution is 5.96. The highest BCUT2D eigenvalue weighted by atomic mass is 16.6. The van der Waals surface area contributed by atoms with Gasteiger partial charge in [0.1, 0.15) is 0 Å². The van der Waals surface area contributed by atoms with Crippen molar-refractivity contribution in [3.05, 3.63) is 39.4 Å². The van der Waals surface area contributed by atoms with Crippen molar-refractivity contribution in [1.29, 1.82) is 0 Å². The fourth-order valence-corrected chi connectivity index (χ4v) is 3.23. The zero-order chi connectivity index (χ0) is 20.0. The maximum Gasteiger partial charge on any atom is 0.303 e. The largest absolute Gasteiger partial charge is 0.481 e. The molecule has 0 aromatic heterocycles. The number of amides is 2. The van der Waals surface area contributed by atoms with E-state index in [2.05, 4.69) is 5.32 Å². The summed E-state index contributed by atoms with van der Waals surface area (Å²) in [5.41, 5.74) is 0.559. The molecule has 2 rings (SSSR count). The van der Waals surface area contributed by atoms with Crippen molar-refractivity contribution < 1.29 is 24.4 Å². The highest BCUT2D eigenvalue weighted by Gasteiger charge is 2.24. The molecular formula is C18H23N3O6. The van der Waals surface area contributed by atoms with Crippen molar-refractivity contribution in [2.75, 3.05) is 19.6 Å². The first-order valence-electron chi connectivity index (χ1n) is 8.80. The van der Waals surface area contributed by atoms with Crippen LogP contribution in [-0.2, 0) is 9.59 Å². The fraction of sp³-hybridized carbons (Fsp3) is 0.500. The average molecular weight is 377 g/mol. The maximum absolute atomic E-state index is 12.3. The van der Waals surface area contributed by atoms with E-state index in [9.17, 15) is 24.5 Å². The van der Waals surface area contributed by atoms with Gasteiger partial charge in [0.2, 0.25) is 5.91 Å². The number of carbonyl (C=O) groups excluding carboxylic acids is 2. The highest BCUT2D eigenvalue weighted by Crippen LogP contribution is 2.21. The zero-order valence-corrected chi connectivity index (χ0v) is 15.1. The third-order valence-electron chi connectivity index (χ3n) is 4.69. The molecule has 2 amide bonds. The van der Waals surface area contributed by atoms with E-state index in [-0.39, 0.29) is 36.0 Å². The van der Waals surface area contributed by atoms with Crippen molar-refractivity contribution >= 4 is 23.5 Å². The summed E-state index contributed by atoms with van der Waals surface area (Å²) in [6.45, 7) is 2.47. The first kappa shape index (κ1) is 20.3. The zero-order valence-electron chi connectivity index (χ0n) is 15.1. The summed E-state index contributed by atoms with van der Waals surface area (Å²) in [6, 6.07) is 4.04. The van der Waals surface area contributed by atoms with Gasteiger partial charge < -0.3 is 15.3 Å². The molecule has 0 saturated carbocycles. The average Bonchev–Trinajstić information content (AvgIpc) is 2.64. The van der Waals surface area contributed by atoms with Crippen LogP contribution in [0.4, 0.5) is 5.69 Å². The van der Waals surface area contributed by atoms with Crippen molar-refractivity contribution in [3.63, 3.8) is 0 Å². The normalized spacial score (nSPS) is 16.6. The van der Waals surface area contributed by atoms with E-state index in [1.807, 2.05) is 0 Å². The number of aryl methyl sites for hydroxylation is 1. The van der Waals surface area contributed by atoms with E-state index in [1.54, 1.807) is 11.8 Å². The number of rotatable bonds is 7. The molecule has 1 aromatic carbocycles. The second-order valence-electron chi connectivity index (χ2n) is 6.72. The Morgan fingerprint density at radius 2 is 2.11 bits per heavy atom. The predicted octanol–water partition coefficient (Wildman–Crippen LogP) is 1.74. The lowest BCUT2D eigenvalue weighted by atomic mass is 9.93. The van der Waals surface area contributed by atoms with Crippen LogP contribution in [0.3, 0.4) is 0 Å². The minimum absolute atomic E-state index is 0.0663. The number of aliphatic carboxylic acids is 1. The summed E-state index contributed by atoms with van der Waals surface area (Å²) in [7, 11) is 0. The summed E-state index contributed by atoms with van der Waals surface area (Å²) in [4.78, 5) is 47.2. The van der Waals surface area contributed by atoms with Gasteiger partial charge in [-0.05, 0) is 44.2 Å². The molecule has 1 saturated heterocycles. The molecule has 1 unspecified atom stereocenters. The number of nitrogens with zero attached hydrogens (tertiary/aromatic N) is 2. The minimum Gasteiger partial charge on any atom is -0.481 e. The predicted molar refractivity (Wildman–Crippen MR) is 96.3 cm³/mol. The molecule has 1 aliphatic heterocycles. The van der Waals surface area contributed by atoms with Gasteiger partial charge in [0.15, 0.2) is 0 Å². The van der Waals surface area contributed by atoms with E-state index >= 15 is 0 Å². The van der Waals surface area contributed by atoms with Gasteiger partial charge in [0, 0.05) is 36.7 Å². The molecule has 0 aliphatic carbocycles. The van der Waals surface area contributed by atoms with Crippen LogP contribution >= 0.6 is 0 Å². The first-order valence-corrected chi connectivity index (χ1v) is 8.80. The molecule has 0 spiro atoms. The van der Waals surface area contributed by atoms with Crippen molar-refractivity contribution in [2.24, 2.45) is 5.92 Å². The monoisotopic (exact) mass is 377 g/mol. The molecule has 27 heavy (non-hydrogen) atoms. The number of benzene rings is 1. The SMILES string of the molecule is Cc1cc(C(=O)NCC(=O)N2CCCC(CCC(=O)O)C2)ccc1[N+](=O)[O-]. The number of nitro groups is 1.